The maximum atomic E-state index is 5.52. The number of rotatable bonds is 3. The summed E-state index contributed by atoms with van der Waals surface area (Å²) in [5.74, 6) is 0.930. The minimum absolute atomic E-state index is 0.705. The molecule has 0 radical (unpaired) electrons. The van der Waals surface area contributed by atoms with Crippen LogP contribution in [-0.2, 0) is 13.1 Å². The van der Waals surface area contributed by atoms with Crippen molar-refractivity contribution in [1.29, 1.82) is 0 Å². The molecule has 22 heavy (non-hydrogen) atoms. The van der Waals surface area contributed by atoms with Crippen LogP contribution in [0.2, 0.25) is 0 Å². The second-order valence-corrected chi connectivity index (χ2v) is 5.78. The zero-order chi connectivity index (χ0) is 15.1. The van der Waals surface area contributed by atoms with Gasteiger partial charge in [0.1, 0.15) is 5.75 Å². The molecule has 0 aliphatic carbocycles. The van der Waals surface area contributed by atoms with E-state index < -0.39 is 0 Å². The third-order valence-electron chi connectivity index (χ3n) is 4.42. The fraction of sp³-hybridized carbons (Fsp3) is 0.263. The first kappa shape index (κ1) is 13.3. The first-order valence-electron chi connectivity index (χ1n) is 7.86. The van der Waals surface area contributed by atoms with Gasteiger partial charge in [0.25, 0.3) is 0 Å². The number of hydrogen-bond acceptors (Lipinski definition) is 1. The highest BCUT2D eigenvalue weighted by molar-refractivity contribution is 5.72. The van der Waals surface area contributed by atoms with Crippen LogP contribution in [0, 0.1) is 6.92 Å². The molecular weight excluding hydrogens is 272 g/mol. The van der Waals surface area contributed by atoms with Gasteiger partial charge in [0, 0.05) is 30.5 Å². The van der Waals surface area contributed by atoms with Crippen LogP contribution in [0.1, 0.15) is 12.6 Å². The Morgan fingerprint density at radius 2 is 1.77 bits per heavy atom. The molecular formula is C19H20N2O. The summed E-state index contributed by atoms with van der Waals surface area (Å²) in [7, 11) is 0. The molecule has 0 bridgehead atoms. The van der Waals surface area contributed by atoms with Gasteiger partial charge in [0.05, 0.1) is 18.0 Å². The average Bonchev–Trinajstić information content (AvgIpc) is 3.12. The molecule has 0 unspecified atom stereocenters. The van der Waals surface area contributed by atoms with E-state index in [0.717, 1.165) is 18.8 Å². The van der Waals surface area contributed by atoms with E-state index >= 15 is 0 Å². The van der Waals surface area contributed by atoms with Gasteiger partial charge in [-0.25, -0.2) is 0 Å². The van der Waals surface area contributed by atoms with E-state index in [-0.39, 0.29) is 0 Å². The number of nitrogens with zero attached hydrogens (tertiary/aromatic N) is 2. The Morgan fingerprint density at radius 3 is 2.55 bits per heavy atom. The highest BCUT2D eigenvalue weighted by Crippen LogP contribution is 2.33. The van der Waals surface area contributed by atoms with Gasteiger partial charge in [-0.05, 0) is 49.7 Å². The van der Waals surface area contributed by atoms with Crippen molar-refractivity contribution in [3.63, 3.8) is 0 Å². The number of hydrogen-bond donors (Lipinski definition) is 0. The zero-order valence-electron chi connectivity index (χ0n) is 13.0. The normalized spacial score (nSPS) is 12.8. The minimum atomic E-state index is 0.705. The predicted molar refractivity (Wildman–Crippen MR) is 89.2 cm³/mol. The standard InChI is InChI=1S/C19H20N2O/c1-3-22-17-7-5-15(6-8-17)16-12-19-18-9-4-14(2)21(18)11-10-20(19)13-16/h4-9,12-13H,3,10-11H2,1-2H3. The van der Waals surface area contributed by atoms with Crippen LogP contribution < -0.4 is 4.74 Å². The van der Waals surface area contributed by atoms with Gasteiger partial charge in [-0.3, -0.25) is 0 Å². The summed E-state index contributed by atoms with van der Waals surface area (Å²) in [5.41, 5.74) is 6.47. The summed E-state index contributed by atoms with van der Waals surface area (Å²) < 4.78 is 10.3. The molecule has 3 aromatic rings. The molecule has 1 aliphatic rings. The van der Waals surface area contributed by atoms with Crippen LogP contribution in [0.15, 0.2) is 48.7 Å². The largest absolute Gasteiger partial charge is 0.494 e. The van der Waals surface area contributed by atoms with Crippen molar-refractivity contribution in [2.75, 3.05) is 6.61 Å². The molecule has 0 amide bonds. The SMILES string of the molecule is CCOc1ccc(-c2cc3n(c2)CCn2c(C)ccc2-3)cc1. The van der Waals surface area contributed by atoms with E-state index in [1.54, 1.807) is 0 Å². The van der Waals surface area contributed by atoms with Crippen LogP contribution in [0.25, 0.3) is 22.5 Å². The molecule has 0 saturated carbocycles. The van der Waals surface area contributed by atoms with Crippen molar-refractivity contribution in [2.45, 2.75) is 26.9 Å². The van der Waals surface area contributed by atoms with Crippen LogP contribution in [0.4, 0.5) is 0 Å². The minimum Gasteiger partial charge on any atom is -0.494 e. The maximum Gasteiger partial charge on any atom is 0.119 e. The molecule has 0 N–H and O–H groups in total. The Balaban J connectivity index is 1.72. The van der Waals surface area contributed by atoms with Crippen molar-refractivity contribution in [3.8, 4) is 28.3 Å². The Kier molecular flexibility index (Phi) is 3.07. The lowest BCUT2D eigenvalue weighted by molar-refractivity contribution is 0.340. The lowest BCUT2D eigenvalue weighted by Gasteiger charge is -2.20. The fourth-order valence-electron chi connectivity index (χ4n) is 3.28. The van der Waals surface area contributed by atoms with E-state index in [0.29, 0.717) is 6.61 Å². The van der Waals surface area contributed by atoms with Gasteiger partial charge in [0.2, 0.25) is 0 Å². The summed E-state index contributed by atoms with van der Waals surface area (Å²) in [4.78, 5) is 0. The van der Waals surface area contributed by atoms with Crippen molar-refractivity contribution in [3.05, 3.63) is 54.4 Å². The van der Waals surface area contributed by atoms with Crippen LogP contribution in [0.5, 0.6) is 5.75 Å². The summed E-state index contributed by atoms with van der Waals surface area (Å²) in [5, 5.41) is 0. The van der Waals surface area contributed by atoms with Gasteiger partial charge in [-0.2, -0.15) is 0 Å². The molecule has 1 aliphatic heterocycles. The lowest BCUT2D eigenvalue weighted by atomic mass is 10.1. The Labute approximate surface area is 130 Å². The van der Waals surface area contributed by atoms with Gasteiger partial charge >= 0.3 is 0 Å². The fourth-order valence-corrected chi connectivity index (χ4v) is 3.28. The summed E-state index contributed by atoms with van der Waals surface area (Å²) >= 11 is 0. The van der Waals surface area contributed by atoms with E-state index in [1.807, 2.05) is 19.1 Å². The zero-order valence-corrected chi connectivity index (χ0v) is 13.0. The number of aryl methyl sites for hydroxylation is 2. The molecule has 3 nitrogen and oxygen atoms in total. The molecule has 0 spiro atoms. The second-order valence-electron chi connectivity index (χ2n) is 5.78. The molecule has 4 rings (SSSR count). The monoisotopic (exact) mass is 292 g/mol. The highest BCUT2D eigenvalue weighted by atomic mass is 16.5. The van der Waals surface area contributed by atoms with Crippen molar-refractivity contribution < 1.29 is 4.74 Å². The predicted octanol–water partition coefficient (Wildman–Crippen LogP) is 4.34. The maximum absolute atomic E-state index is 5.52. The van der Waals surface area contributed by atoms with E-state index in [2.05, 4.69) is 52.6 Å². The molecule has 0 fully saturated rings. The third kappa shape index (κ3) is 2.05. The van der Waals surface area contributed by atoms with Gasteiger partial charge in [-0.1, -0.05) is 12.1 Å². The number of ether oxygens (including phenoxy) is 1. The quantitative estimate of drug-likeness (QED) is 0.702. The molecule has 3 heterocycles. The number of aromatic nitrogens is 2. The van der Waals surface area contributed by atoms with E-state index in [4.69, 9.17) is 4.74 Å². The second kappa shape index (κ2) is 5.09. The highest BCUT2D eigenvalue weighted by Gasteiger charge is 2.18. The number of benzene rings is 1. The smallest absolute Gasteiger partial charge is 0.119 e. The summed E-state index contributed by atoms with van der Waals surface area (Å²) in [6.45, 7) is 6.98. The Morgan fingerprint density at radius 1 is 0.955 bits per heavy atom. The van der Waals surface area contributed by atoms with Gasteiger partial charge < -0.3 is 13.9 Å². The first-order valence-corrected chi connectivity index (χ1v) is 7.86. The Bertz CT molecular complexity index is 809. The summed E-state index contributed by atoms with van der Waals surface area (Å²) in [6, 6.07) is 15.1. The van der Waals surface area contributed by atoms with Crippen LogP contribution in [0.3, 0.4) is 0 Å². The van der Waals surface area contributed by atoms with Gasteiger partial charge in [-0.15, -0.1) is 0 Å². The van der Waals surface area contributed by atoms with Crippen LogP contribution in [-0.4, -0.2) is 15.7 Å². The lowest BCUT2D eigenvalue weighted by Crippen LogP contribution is -2.15. The summed E-state index contributed by atoms with van der Waals surface area (Å²) in [6.07, 6.45) is 2.26. The number of fused-ring (bicyclic) bond motifs is 3. The van der Waals surface area contributed by atoms with Crippen molar-refractivity contribution >= 4 is 0 Å². The van der Waals surface area contributed by atoms with Crippen molar-refractivity contribution in [2.24, 2.45) is 0 Å². The van der Waals surface area contributed by atoms with E-state index in [1.165, 1.54) is 28.2 Å². The molecule has 3 heteroatoms. The molecule has 112 valence electrons. The Hall–Kier alpha value is -2.42. The molecule has 0 atom stereocenters. The topological polar surface area (TPSA) is 19.1 Å². The molecule has 1 aromatic carbocycles. The van der Waals surface area contributed by atoms with Gasteiger partial charge in [0.15, 0.2) is 0 Å². The van der Waals surface area contributed by atoms with Crippen LogP contribution >= 0.6 is 0 Å². The molecule has 2 aromatic heterocycles. The first-order chi connectivity index (χ1) is 10.8. The average molecular weight is 292 g/mol. The van der Waals surface area contributed by atoms with E-state index in [9.17, 15) is 0 Å². The van der Waals surface area contributed by atoms with Crippen molar-refractivity contribution in [1.82, 2.24) is 9.13 Å². The third-order valence-corrected chi connectivity index (χ3v) is 4.42. The molecule has 0 saturated heterocycles.